The number of benzene rings is 4. The first kappa shape index (κ1) is 32.6. The van der Waals surface area contributed by atoms with Crippen LogP contribution in [0.2, 0.25) is 0 Å². The van der Waals surface area contributed by atoms with E-state index in [2.05, 4.69) is 9.30 Å². The standard InChI is InChI=1S/C31H30O4.C5H5.ClH.Ti/c1-29(2)34-27(30(32,23-15-7-3-8-16-23)24-17-9-4-10-18-24)28(35-29)31(33,25-19-11-5-12-20-25)26-21-13-6-14-22-26;1-2-4-5-3-1;;/h3-22,27-28,32-33H,1-2H3;1-5H;1H;/q;;;+2/p-1/t27-,28-;;;/m0.../s1. The Morgan fingerprint density at radius 2 is 0.714 bits per heavy atom. The van der Waals surface area contributed by atoms with Crippen LogP contribution >= 0.6 is 9.30 Å². The predicted molar refractivity (Wildman–Crippen MR) is 163 cm³/mol. The van der Waals surface area contributed by atoms with E-state index in [-0.39, 0.29) is 0 Å². The Labute approximate surface area is 266 Å². The van der Waals surface area contributed by atoms with Gasteiger partial charge in [0.2, 0.25) is 0 Å². The van der Waals surface area contributed by atoms with E-state index in [0.29, 0.717) is 22.3 Å². The average Bonchev–Trinajstić information content (AvgIpc) is 3.75. The summed E-state index contributed by atoms with van der Waals surface area (Å²) in [4.78, 5) is 0. The van der Waals surface area contributed by atoms with Crippen LogP contribution in [0.5, 0.6) is 0 Å². The van der Waals surface area contributed by atoms with E-state index >= 15 is 0 Å². The number of ether oxygens (including phenoxy) is 2. The monoisotopic (exact) mass is 614 g/mol. The Morgan fingerprint density at radius 1 is 0.500 bits per heavy atom. The minimum absolute atomic E-state index is 0.658. The summed E-state index contributed by atoms with van der Waals surface area (Å²) >= 11 is 1.47. The summed E-state index contributed by atoms with van der Waals surface area (Å²) in [5.41, 5.74) is -0.564. The van der Waals surface area contributed by atoms with Crippen LogP contribution in [0.4, 0.5) is 0 Å². The number of hydrogen-bond donors (Lipinski definition) is 2. The molecular formula is C36H35ClO4Ti+. The van der Waals surface area contributed by atoms with Gasteiger partial charge in [0, 0.05) is 0 Å². The maximum absolute atomic E-state index is 12.6. The van der Waals surface area contributed by atoms with Crippen LogP contribution in [0.25, 0.3) is 0 Å². The Bertz CT molecular complexity index is 1150. The van der Waals surface area contributed by atoms with Crippen molar-refractivity contribution in [3.63, 3.8) is 0 Å². The van der Waals surface area contributed by atoms with Crippen molar-refractivity contribution in [2.24, 2.45) is 0 Å². The first-order valence-electron chi connectivity index (χ1n) is 13.7. The zero-order valence-electron chi connectivity index (χ0n) is 23.7. The molecule has 5 radical (unpaired) electrons. The van der Waals surface area contributed by atoms with E-state index in [4.69, 9.17) is 9.47 Å². The van der Waals surface area contributed by atoms with Gasteiger partial charge in [0.05, 0.1) is 0 Å². The molecule has 1 saturated carbocycles. The van der Waals surface area contributed by atoms with Gasteiger partial charge in [0.1, 0.15) is 23.4 Å². The molecule has 0 unspecified atom stereocenters. The quantitative estimate of drug-likeness (QED) is 0.228. The molecule has 2 aliphatic rings. The molecule has 213 valence electrons. The molecule has 1 heterocycles. The van der Waals surface area contributed by atoms with Crippen LogP contribution in [-0.4, -0.2) is 28.2 Å². The van der Waals surface area contributed by atoms with Crippen LogP contribution in [0.15, 0.2) is 121 Å². The van der Waals surface area contributed by atoms with Gasteiger partial charge in [-0.3, -0.25) is 0 Å². The van der Waals surface area contributed by atoms with Crippen molar-refractivity contribution in [2.75, 3.05) is 0 Å². The second-order valence-electron chi connectivity index (χ2n) is 10.4. The molecule has 42 heavy (non-hydrogen) atoms. The van der Waals surface area contributed by atoms with Gasteiger partial charge >= 0.3 is 28.7 Å². The minimum atomic E-state index is -1.60. The van der Waals surface area contributed by atoms with Crippen LogP contribution in [-0.2, 0) is 40.1 Å². The number of rotatable bonds is 6. The van der Waals surface area contributed by atoms with Crippen molar-refractivity contribution in [1.82, 2.24) is 0 Å². The van der Waals surface area contributed by atoms with Crippen LogP contribution in [0.1, 0.15) is 36.1 Å². The van der Waals surface area contributed by atoms with Gasteiger partial charge in [0.25, 0.3) is 0 Å². The third-order valence-electron chi connectivity index (χ3n) is 7.33. The summed E-state index contributed by atoms with van der Waals surface area (Å²) in [6, 6.07) is 37.8. The molecule has 4 aromatic rings. The van der Waals surface area contributed by atoms with Crippen LogP contribution < -0.4 is 0 Å². The molecule has 4 nitrogen and oxygen atoms in total. The molecular weight excluding hydrogens is 580 g/mol. The molecule has 2 N–H and O–H groups in total. The topological polar surface area (TPSA) is 58.9 Å². The zero-order chi connectivity index (χ0) is 30.1. The van der Waals surface area contributed by atoms with Gasteiger partial charge in [-0.1, -0.05) is 121 Å². The van der Waals surface area contributed by atoms with Crippen molar-refractivity contribution in [3.8, 4) is 0 Å². The van der Waals surface area contributed by atoms with Crippen molar-refractivity contribution in [2.45, 2.75) is 43.0 Å². The molecule has 0 aromatic heterocycles. The van der Waals surface area contributed by atoms with E-state index in [0.717, 1.165) is 0 Å². The van der Waals surface area contributed by atoms with Gasteiger partial charge in [-0.2, -0.15) is 0 Å². The molecule has 1 saturated heterocycles. The SMILES string of the molecule is CC1(C)O[C@H](C(O)(c2ccccc2)c2ccccc2)[C@@H](C(O)(c2ccccc2)c2ccccc2)O1.[CH]1[CH][CH][CH][CH]1.[Cl][Ti+]. The summed E-state index contributed by atoms with van der Waals surface area (Å²) in [7, 11) is 4.64. The second kappa shape index (κ2) is 14.9. The van der Waals surface area contributed by atoms with Gasteiger partial charge < -0.3 is 19.7 Å². The van der Waals surface area contributed by atoms with E-state index in [1.807, 2.05) is 167 Å². The van der Waals surface area contributed by atoms with Gasteiger partial charge in [0.15, 0.2) is 5.79 Å². The Hall–Kier alpha value is -2.28. The molecule has 0 bridgehead atoms. The third kappa shape index (κ3) is 7.09. The second-order valence-corrected chi connectivity index (χ2v) is 10.4. The predicted octanol–water partition coefficient (Wildman–Crippen LogP) is 7.09. The summed E-state index contributed by atoms with van der Waals surface area (Å²) in [5, 5.41) is 25.2. The first-order chi connectivity index (χ1) is 20.4. The molecule has 0 amide bonds. The fourth-order valence-electron chi connectivity index (χ4n) is 5.45. The third-order valence-corrected chi connectivity index (χ3v) is 7.33. The van der Waals surface area contributed by atoms with E-state index in [1.54, 1.807) is 0 Å². The normalized spacial score (nSPS) is 19.6. The van der Waals surface area contributed by atoms with Crippen LogP contribution in [0.3, 0.4) is 0 Å². The zero-order valence-corrected chi connectivity index (χ0v) is 26.0. The Balaban J connectivity index is 0.000000516. The number of hydrogen-bond acceptors (Lipinski definition) is 4. The summed E-state index contributed by atoms with van der Waals surface area (Å²) < 4.78 is 13.0. The molecule has 1 aliphatic carbocycles. The number of aliphatic hydroxyl groups is 2. The molecule has 1 aliphatic heterocycles. The van der Waals surface area contributed by atoms with E-state index < -0.39 is 29.2 Å². The molecule has 6 heteroatoms. The van der Waals surface area contributed by atoms with Gasteiger partial charge in [-0.25, -0.2) is 0 Å². The summed E-state index contributed by atoms with van der Waals surface area (Å²) in [5.74, 6) is -1.05. The Morgan fingerprint density at radius 3 is 0.929 bits per heavy atom. The Kier molecular flexibility index (Phi) is 11.6. The van der Waals surface area contributed by atoms with Crippen LogP contribution in [0, 0.1) is 32.1 Å². The molecule has 6 rings (SSSR count). The molecule has 2 fully saturated rings. The van der Waals surface area contributed by atoms with Crippen molar-refractivity contribution < 1.29 is 39.1 Å². The van der Waals surface area contributed by atoms with Crippen molar-refractivity contribution in [3.05, 3.63) is 176 Å². The average molecular weight is 615 g/mol. The van der Waals surface area contributed by atoms with E-state index in [9.17, 15) is 10.2 Å². The fraction of sp³-hybridized carbons (Fsp3) is 0.194. The summed E-state index contributed by atoms with van der Waals surface area (Å²) in [6.07, 6.45) is 8.13. The molecule has 4 aromatic carbocycles. The molecule has 0 spiro atoms. The van der Waals surface area contributed by atoms with Gasteiger partial charge in [-0.05, 0) is 68.2 Å². The first-order valence-corrected chi connectivity index (χ1v) is 15.9. The van der Waals surface area contributed by atoms with Crippen molar-refractivity contribution in [1.29, 1.82) is 0 Å². The van der Waals surface area contributed by atoms with E-state index in [1.165, 1.54) is 19.4 Å². The molecule has 2 atom stereocenters. The van der Waals surface area contributed by atoms with Crippen molar-refractivity contribution >= 4 is 9.30 Å². The maximum atomic E-state index is 12.6. The number of halogens is 1. The van der Waals surface area contributed by atoms with Gasteiger partial charge in [-0.15, -0.1) is 0 Å². The summed E-state index contributed by atoms with van der Waals surface area (Å²) in [6.45, 7) is 3.62. The fourth-order valence-corrected chi connectivity index (χ4v) is 5.45.